The maximum atomic E-state index is 9.31. The van der Waals surface area contributed by atoms with E-state index in [0.717, 1.165) is 23.4 Å². The van der Waals surface area contributed by atoms with Crippen molar-refractivity contribution in [1.82, 2.24) is 0 Å². The van der Waals surface area contributed by atoms with Gasteiger partial charge < -0.3 is 10.4 Å². The molecule has 0 aromatic heterocycles. The summed E-state index contributed by atoms with van der Waals surface area (Å²) in [7, 11) is 0. The highest BCUT2D eigenvalue weighted by Gasteiger charge is 1.97. The van der Waals surface area contributed by atoms with Crippen LogP contribution in [0.4, 0.5) is 5.69 Å². The lowest BCUT2D eigenvalue weighted by Gasteiger charge is -2.08. The fourth-order valence-corrected chi connectivity index (χ4v) is 1.13. The molecule has 0 aliphatic rings. The van der Waals surface area contributed by atoms with E-state index in [0.29, 0.717) is 0 Å². The number of hydrogen-bond acceptors (Lipinski definition) is 2. The lowest BCUT2D eigenvalue weighted by Crippen LogP contribution is -1.96. The van der Waals surface area contributed by atoms with Crippen LogP contribution in [0.25, 0.3) is 0 Å². The summed E-state index contributed by atoms with van der Waals surface area (Å²) in [4.78, 5) is 0. The topological polar surface area (TPSA) is 32.3 Å². The van der Waals surface area contributed by atoms with Gasteiger partial charge in [0.15, 0.2) is 0 Å². The number of aryl methyl sites for hydroxylation is 1. The van der Waals surface area contributed by atoms with Gasteiger partial charge in [-0.15, -0.1) is 0 Å². The standard InChI is InChI=1S/C11H15NO/c1-4-9(3)12-10-5-8(2)6-11(13)7-10/h5-7,12-13H,3-4H2,1-2H3. The van der Waals surface area contributed by atoms with Gasteiger partial charge in [-0.2, -0.15) is 0 Å². The molecule has 0 spiro atoms. The van der Waals surface area contributed by atoms with Gasteiger partial charge in [0.25, 0.3) is 0 Å². The number of nitrogens with one attached hydrogen (secondary N) is 1. The molecule has 0 fully saturated rings. The van der Waals surface area contributed by atoms with E-state index in [2.05, 4.69) is 11.9 Å². The van der Waals surface area contributed by atoms with Crippen LogP contribution in [0.1, 0.15) is 18.9 Å². The number of aromatic hydroxyl groups is 1. The van der Waals surface area contributed by atoms with Gasteiger partial charge in [-0.1, -0.05) is 13.5 Å². The Kier molecular flexibility index (Phi) is 2.96. The Labute approximate surface area is 78.9 Å². The molecule has 0 saturated carbocycles. The minimum absolute atomic E-state index is 0.284. The average Bonchev–Trinajstić information content (AvgIpc) is 2.02. The first-order valence-electron chi connectivity index (χ1n) is 4.37. The van der Waals surface area contributed by atoms with E-state index in [4.69, 9.17) is 0 Å². The number of phenols is 1. The molecule has 0 heterocycles. The van der Waals surface area contributed by atoms with E-state index in [-0.39, 0.29) is 5.75 Å². The molecule has 2 heteroatoms. The van der Waals surface area contributed by atoms with E-state index in [1.165, 1.54) is 0 Å². The van der Waals surface area contributed by atoms with Gasteiger partial charge in [-0.25, -0.2) is 0 Å². The molecular weight excluding hydrogens is 162 g/mol. The molecule has 0 aliphatic carbocycles. The van der Waals surface area contributed by atoms with Crippen LogP contribution < -0.4 is 5.32 Å². The minimum Gasteiger partial charge on any atom is -0.508 e. The maximum absolute atomic E-state index is 9.31. The van der Waals surface area contributed by atoms with Crippen LogP contribution in [0.15, 0.2) is 30.5 Å². The van der Waals surface area contributed by atoms with Gasteiger partial charge in [-0.05, 0) is 31.0 Å². The molecule has 0 radical (unpaired) electrons. The molecule has 2 nitrogen and oxygen atoms in total. The number of benzene rings is 1. The van der Waals surface area contributed by atoms with E-state index in [1.54, 1.807) is 12.1 Å². The second-order valence-corrected chi connectivity index (χ2v) is 3.14. The number of rotatable bonds is 3. The van der Waals surface area contributed by atoms with Gasteiger partial charge in [0.05, 0.1) is 0 Å². The van der Waals surface area contributed by atoms with Crippen molar-refractivity contribution in [1.29, 1.82) is 0 Å². The summed E-state index contributed by atoms with van der Waals surface area (Å²) in [6.07, 6.45) is 0.884. The van der Waals surface area contributed by atoms with Crippen LogP contribution >= 0.6 is 0 Å². The van der Waals surface area contributed by atoms with Crippen LogP contribution in [0.3, 0.4) is 0 Å². The van der Waals surface area contributed by atoms with Crippen LogP contribution in [0.5, 0.6) is 5.75 Å². The molecule has 1 aromatic rings. The highest BCUT2D eigenvalue weighted by atomic mass is 16.3. The van der Waals surface area contributed by atoms with E-state index >= 15 is 0 Å². The Morgan fingerprint density at radius 1 is 1.46 bits per heavy atom. The molecule has 0 atom stereocenters. The fourth-order valence-electron chi connectivity index (χ4n) is 1.13. The molecule has 1 aromatic carbocycles. The number of allylic oxidation sites excluding steroid dienone is 1. The molecular formula is C11H15NO. The normalized spacial score (nSPS) is 9.69. The Balaban J connectivity index is 2.83. The van der Waals surface area contributed by atoms with Crippen molar-refractivity contribution in [3.05, 3.63) is 36.0 Å². The molecule has 13 heavy (non-hydrogen) atoms. The van der Waals surface area contributed by atoms with Crippen molar-refractivity contribution in [3.63, 3.8) is 0 Å². The van der Waals surface area contributed by atoms with Crippen LogP contribution in [-0.2, 0) is 0 Å². The van der Waals surface area contributed by atoms with Crippen molar-refractivity contribution < 1.29 is 5.11 Å². The zero-order valence-electron chi connectivity index (χ0n) is 8.09. The molecule has 0 saturated heterocycles. The first-order valence-corrected chi connectivity index (χ1v) is 4.37. The molecule has 0 aliphatic heterocycles. The Hall–Kier alpha value is -1.44. The van der Waals surface area contributed by atoms with Gasteiger partial charge in [0, 0.05) is 17.5 Å². The largest absolute Gasteiger partial charge is 0.508 e. The van der Waals surface area contributed by atoms with Gasteiger partial charge in [0.2, 0.25) is 0 Å². The molecule has 1 rings (SSSR count). The summed E-state index contributed by atoms with van der Waals surface area (Å²) in [5.41, 5.74) is 2.88. The summed E-state index contributed by atoms with van der Waals surface area (Å²) in [5, 5.41) is 12.4. The first-order chi connectivity index (χ1) is 6.11. The third kappa shape index (κ3) is 2.82. The fraction of sp³-hybridized carbons (Fsp3) is 0.273. The highest BCUT2D eigenvalue weighted by molar-refractivity contribution is 5.53. The Morgan fingerprint density at radius 3 is 2.69 bits per heavy atom. The lowest BCUT2D eigenvalue weighted by atomic mass is 10.2. The third-order valence-corrected chi connectivity index (χ3v) is 1.81. The second-order valence-electron chi connectivity index (χ2n) is 3.14. The van der Waals surface area contributed by atoms with Crippen molar-refractivity contribution in [2.75, 3.05) is 5.32 Å². The molecule has 0 amide bonds. The third-order valence-electron chi connectivity index (χ3n) is 1.81. The van der Waals surface area contributed by atoms with E-state index in [1.807, 2.05) is 19.9 Å². The molecule has 0 bridgehead atoms. The summed E-state index contributed by atoms with van der Waals surface area (Å²) in [6, 6.07) is 5.38. The summed E-state index contributed by atoms with van der Waals surface area (Å²) >= 11 is 0. The monoisotopic (exact) mass is 177 g/mol. The summed E-state index contributed by atoms with van der Waals surface area (Å²) in [6.45, 7) is 7.81. The Bertz CT molecular complexity index is 298. The zero-order valence-corrected chi connectivity index (χ0v) is 8.09. The molecule has 70 valence electrons. The number of anilines is 1. The smallest absolute Gasteiger partial charge is 0.117 e. The van der Waals surface area contributed by atoms with Crippen molar-refractivity contribution in [3.8, 4) is 5.75 Å². The van der Waals surface area contributed by atoms with E-state index < -0.39 is 0 Å². The zero-order chi connectivity index (χ0) is 9.84. The highest BCUT2D eigenvalue weighted by Crippen LogP contribution is 2.20. The quantitative estimate of drug-likeness (QED) is 0.743. The average molecular weight is 177 g/mol. The Morgan fingerprint density at radius 2 is 2.15 bits per heavy atom. The van der Waals surface area contributed by atoms with Crippen molar-refractivity contribution in [2.24, 2.45) is 0 Å². The van der Waals surface area contributed by atoms with Gasteiger partial charge in [-0.3, -0.25) is 0 Å². The molecule has 0 unspecified atom stereocenters. The van der Waals surface area contributed by atoms with Crippen molar-refractivity contribution >= 4 is 5.69 Å². The lowest BCUT2D eigenvalue weighted by molar-refractivity contribution is 0.475. The van der Waals surface area contributed by atoms with Gasteiger partial charge >= 0.3 is 0 Å². The van der Waals surface area contributed by atoms with E-state index in [9.17, 15) is 5.11 Å². The number of hydrogen-bond donors (Lipinski definition) is 2. The molecule has 2 N–H and O–H groups in total. The maximum Gasteiger partial charge on any atom is 0.117 e. The second kappa shape index (κ2) is 3.99. The predicted octanol–water partition coefficient (Wildman–Crippen LogP) is 3.04. The van der Waals surface area contributed by atoms with Crippen molar-refractivity contribution in [2.45, 2.75) is 20.3 Å². The predicted molar refractivity (Wildman–Crippen MR) is 55.9 cm³/mol. The first kappa shape index (κ1) is 9.65. The number of phenolic OH excluding ortho intramolecular Hbond substituents is 1. The van der Waals surface area contributed by atoms with Crippen LogP contribution in [0.2, 0.25) is 0 Å². The van der Waals surface area contributed by atoms with Crippen LogP contribution in [-0.4, -0.2) is 5.11 Å². The SMILES string of the molecule is C=C(CC)Nc1cc(C)cc(O)c1. The van der Waals surface area contributed by atoms with Gasteiger partial charge in [0.1, 0.15) is 5.75 Å². The summed E-state index contributed by atoms with van der Waals surface area (Å²) < 4.78 is 0. The minimum atomic E-state index is 0.284. The van der Waals surface area contributed by atoms with Crippen LogP contribution in [0, 0.1) is 6.92 Å². The summed E-state index contributed by atoms with van der Waals surface area (Å²) in [5.74, 6) is 0.284.